The maximum absolute atomic E-state index is 13.1. The number of hydrogen-bond acceptors (Lipinski definition) is 4. The summed E-state index contributed by atoms with van der Waals surface area (Å²) in [5.41, 5.74) is 3.00. The van der Waals surface area contributed by atoms with Gasteiger partial charge >= 0.3 is 0 Å². The number of nitrogens with one attached hydrogen (secondary N) is 2. The summed E-state index contributed by atoms with van der Waals surface area (Å²) in [4.78, 5) is 25.8. The molecule has 0 radical (unpaired) electrons. The summed E-state index contributed by atoms with van der Waals surface area (Å²) in [5.74, 6) is 0.835. The van der Waals surface area contributed by atoms with E-state index in [2.05, 4.69) is 15.7 Å². The van der Waals surface area contributed by atoms with Gasteiger partial charge in [0.15, 0.2) is 0 Å². The fourth-order valence-electron chi connectivity index (χ4n) is 4.13. The smallest absolute Gasteiger partial charge is 0.240 e. The molecule has 7 heteroatoms. The first-order chi connectivity index (χ1) is 13.5. The van der Waals surface area contributed by atoms with Gasteiger partial charge < -0.3 is 15.4 Å². The van der Waals surface area contributed by atoms with Crippen LogP contribution in [0, 0.1) is 6.92 Å². The summed E-state index contributed by atoms with van der Waals surface area (Å²) in [6.45, 7) is 1.97. The highest BCUT2D eigenvalue weighted by Crippen LogP contribution is 2.50. The molecule has 0 fully saturated rings. The molecule has 2 aliphatic rings. The van der Waals surface area contributed by atoms with E-state index in [1.54, 1.807) is 18.0 Å². The molecule has 28 heavy (non-hydrogen) atoms. The predicted octanol–water partition coefficient (Wildman–Crippen LogP) is 2.77. The van der Waals surface area contributed by atoms with E-state index in [1.807, 2.05) is 49.4 Å². The summed E-state index contributed by atoms with van der Waals surface area (Å²) in [6, 6.07) is 13.2. The molecule has 2 amide bonds. The second-order valence-corrected chi connectivity index (χ2v) is 7.15. The van der Waals surface area contributed by atoms with E-state index in [4.69, 9.17) is 4.74 Å². The van der Waals surface area contributed by atoms with E-state index in [0.29, 0.717) is 11.4 Å². The highest BCUT2D eigenvalue weighted by atomic mass is 16.5. The predicted molar refractivity (Wildman–Crippen MR) is 104 cm³/mol. The van der Waals surface area contributed by atoms with Gasteiger partial charge in [-0.05, 0) is 42.8 Å². The number of ether oxygens (including phenoxy) is 1. The van der Waals surface area contributed by atoms with E-state index in [9.17, 15) is 9.59 Å². The number of hydrogen-bond donors (Lipinski definition) is 2. The lowest BCUT2D eigenvalue weighted by molar-refractivity contribution is -0.125. The Kier molecular flexibility index (Phi) is 3.37. The van der Waals surface area contributed by atoms with Crippen LogP contribution in [0.3, 0.4) is 0 Å². The molecule has 5 rings (SSSR count). The summed E-state index contributed by atoms with van der Waals surface area (Å²) in [6.07, 6.45) is 1.73. The lowest BCUT2D eigenvalue weighted by atomic mass is 9.71. The van der Waals surface area contributed by atoms with Gasteiger partial charge in [0.25, 0.3) is 0 Å². The minimum absolute atomic E-state index is 0.0522. The van der Waals surface area contributed by atoms with Crippen LogP contribution in [0.1, 0.15) is 23.1 Å². The number of nitrogens with zero attached hydrogens (tertiary/aromatic N) is 2. The van der Waals surface area contributed by atoms with Crippen molar-refractivity contribution in [1.82, 2.24) is 9.78 Å². The molecule has 0 aliphatic carbocycles. The molecular formula is C21H18N4O3. The minimum Gasteiger partial charge on any atom is -0.497 e. The fourth-order valence-corrected chi connectivity index (χ4v) is 4.13. The number of carbonyl (C=O) groups is 2. The van der Waals surface area contributed by atoms with Crippen LogP contribution in [-0.2, 0) is 15.0 Å². The van der Waals surface area contributed by atoms with Crippen LogP contribution in [-0.4, -0.2) is 28.7 Å². The average Bonchev–Trinajstić information content (AvgIpc) is 3.22. The van der Waals surface area contributed by atoms with Crippen LogP contribution in [0.25, 0.3) is 5.69 Å². The second-order valence-electron chi connectivity index (χ2n) is 7.15. The number of benzene rings is 2. The third-order valence-electron chi connectivity index (χ3n) is 5.50. The van der Waals surface area contributed by atoms with Gasteiger partial charge in [-0.2, -0.15) is 5.10 Å². The van der Waals surface area contributed by atoms with Crippen molar-refractivity contribution in [2.45, 2.75) is 18.8 Å². The highest BCUT2D eigenvalue weighted by molar-refractivity contribution is 6.14. The summed E-state index contributed by atoms with van der Waals surface area (Å²) < 4.78 is 6.85. The normalized spacial score (nSPS) is 19.8. The lowest BCUT2D eigenvalue weighted by Crippen LogP contribution is -2.43. The van der Waals surface area contributed by atoms with Gasteiger partial charge in [-0.15, -0.1) is 0 Å². The highest BCUT2D eigenvalue weighted by Gasteiger charge is 2.54. The van der Waals surface area contributed by atoms with E-state index >= 15 is 0 Å². The summed E-state index contributed by atoms with van der Waals surface area (Å²) in [5, 5.41) is 10.3. The van der Waals surface area contributed by atoms with Gasteiger partial charge in [-0.3, -0.25) is 9.59 Å². The topological polar surface area (TPSA) is 85.2 Å². The fraction of sp³-hybridized carbons (Fsp3) is 0.190. The molecule has 3 heterocycles. The Morgan fingerprint density at radius 3 is 2.61 bits per heavy atom. The van der Waals surface area contributed by atoms with E-state index < -0.39 is 5.41 Å². The number of aromatic nitrogens is 2. The largest absolute Gasteiger partial charge is 0.497 e. The van der Waals surface area contributed by atoms with Crippen molar-refractivity contribution >= 4 is 23.3 Å². The second kappa shape index (κ2) is 5.69. The number of aryl methyl sites for hydroxylation is 1. The van der Waals surface area contributed by atoms with Crippen molar-refractivity contribution in [2.75, 3.05) is 17.7 Å². The van der Waals surface area contributed by atoms with Crippen molar-refractivity contribution in [2.24, 2.45) is 0 Å². The molecule has 0 bridgehead atoms. The SMILES string of the molecule is COc1ccc(-n2ncc3c2NC(=O)C[C@@]32C(=O)Nc3ccc(C)cc32)cc1. The quantitative estimate of drug-likeness (QED) is 0.722. The number of anilines is 2. The molecule has 1 atom stereocenters. The Labute approximate surface area is 161 Å². The van der Waals surface area contributed by atoms with Crippen LogP contribution >= 0.6 is 0 Å². The number of carbonyl (C=O) groups excluding carboxylic acids is 2. The third kappa shape index (κ3) is 2.13. The number of amides is 2. The summed E-state index contributed by atoms with van der Waals surface area (Å²) in [7, 11) is 1.60. The molecule has 1 aromatic heterocycles. The zero-order chi connectivity index (χ0) is 19.5. The van der Waals surface area contributed by atoms with Crippen molar-refractivity contribution < 1.29 is 14.3 Å². The van der Waals surface area contributed by atoms with Gasteiger partial charge in [-0.1, -0.05) is 17.7 Å². The first-order valence-electron chi connectivity index (χ1n) is 8.98. The zero-order valence-electron chi connectivity index (χ0n) is 15.4. The van der Waals surface area contributed by atoms with Gasteiger partial charge in [-0.25, -0.2) is 4.68 Å². The maximum Gasteiger partial charge on any atom is 0.240 e. The van der Waals surface area contributed by atoms with Gasteiger partial charge in [0.1, 0.15) is 17.0 Å². The zero-order valence-corrected chi connectivity index (χ0v) is 15.4. The Morgan fingerprint density at radius 2 is 1.86 bits per heavy atom. The summed E-state index contributed by atoms with van der Waals surface area (Å²) >= 11 is 0. The molecule has 3 aromatic rings. The van der Waals surface area contributed by atoms with Crippen molar-refractivity contribution in [3.05, 3.63) is 65.4 Å². The first kappa shape index (κ1) is 16.6. The number of rotatable bonds is 2. The molecule has 0 unspecified atom stereocenters. The lowest BCUT2D eigenvalue weighted by Gasteiger charge is -2.31. The molecule has 1 spiro atoms. The Hall–Kier alpha value is -3.61. The van der Waals surface area contributed by atoms with Gasteiger partial charge in [0.2, 0.25) is 11.8 Å². The molecule has 0 saturated heterocycles. The van der Waals surface area contributed by atoms with Crippen molar-refractivity contribution in [3.63, 3.8) is 0 Å². The van der Waals surface area contributed by atoms with Gasteiger partial charge in [0.05, 0.1) is 19.0 Å². The third-order valence-corrected chi connectivity index (χ3v) is 5.50. The molecule has 2 N–H and O–H groups in total. The van der Waals surface area contributed by atoms with Crippen LogP contribution in [0.15, 0.2) is 48.7 Å². The van der Waals surface area contributed by atoms with E-state index in [-0.39, 0.29) is 18.2 Å². The standard InChI is InChI=1S/C21H18N4O3/c1-12-3-8-17-15(9-12)21(20(27)23-17)10-18(26)24-19-16(21)11-22-25(19)13-4-6-14(28-2)7-5-13/h3-9,11H,10H2,1-2H3,(H,23,27)(H,24,26)/t21-/m0/s1. The monoisotopic (exact) mass is 374 g/mol. The molecule has 0 saturated carbocycles. The Morgan fingerprint density at radius 1 is 1.07 bits per heavy atom. The van der Waals surface area contributed by atoms with Gasteiger partial charge in [0, 0.05) is 17.7 Å². The molecule has 7 nitrogen and oxygen atoms in total. The van der Waals surface area contributed by atoms with Crippen molar-refractivity contribution in [3.8, 4) is 11.4 Å². The van der Waals surface area contributed by atoms with Crippen LogP contribution in [0.2, 0.25) is 0 Å². The Bertz CT molecular complexity index is 1130. The Balaban J connectivity index is 1.72. The van der Waals surface area contributed by atoms with E-state index in [0.717, 1.165) is 28.3 Å². The van der Waals surface area contributed by atoms with E-state index in [1.165, 1.54) is 0 Å². The first-order valence-corrected chi connectivity index (χ1v) is 8.98. The van der Waals surface area contributed by atoms with Crippen LogP contribution in [0.5, 0.6) is 5.75 Å². The molecule has 2 aromatic carbocycles. The maximum atomic E-state index is 13.1. The molecular weight excluding hydrogens is 356 g/mol. The van der Waals surface area contributed by atoms with Crippen molar-refractivity contribution in [1.29, 1.82) is 0 Å². The molecule has 140 valence electrons. The van der Waals surface area contributed by atoms with Crippen LogP contribution in [0.4, 0.5) is 11.5 Å². The number of fused-ring (bicyclic) bond motifs is 4. The molecule has 2 aliphatic heterocycles. The number of methoxy groups -OCH3 is 1. The minimum atomic E-state index is -1.07. The van der Waals surface area contributed by atoms with Crippen LogP contribution < -0.4 is 15.4 Å². The average molecular weight is 374 g/mol.